The number of hydrogen-bond acceptors (Lipinski definition) is 5. The molecule has 34 heavy (non-hydrogen) atoms. The summed E-state index contributed by atoms with van der Waals surface area (Å²) in [5.74, 6) is -2.15. The molecule has 1 aromatic heterocycles. The molecule has 0 bridgehead atoms. The molecule has 3 aromatic rings. The van der Waals surface area contributed by atoms with Crippen molar-refractivity contribution in [2.45, 2.75) is 19.4 Å². The number of benzene rings is 2. The van der Waals surface area contributed by atoms with Gasteiger partial charge in [0.25, 0.3) is 11.7 Å². The number of rotatable bonds is 7. The van der Waals surface area contributed by atoms with Gasteiger partial charge in [-0.1, -0.05) is 30.3 Å². The topological polar surface area (TPSA) is 78.7 Å². The summed E-state index contributed by atoms with van der Waals surface area (Å²) in [7, 11) is 3.86. The molecule has 2 aromatic carbocycles. The van der Waals surface area contributed by atoms with Crippen LogP contribution in [0.4, 0.5) is 4.39 Å². The van der Waals surface area contributed by atoms with E-state index in [-0.39, 0.29) is 11.3 Å². The minimum atomic E-state index is -0.817. The van der Waals surface area contributed by atoms with E-state index in [1.165, 1.54) is 23.2 Å². The molecule has 1 saturated heterocycles. The molecule has 8 heteroatoms. The van der Waals surface area contributed by atoms with Crippen LogP contribution in [0.1, 0.15) is 29.3 Å². The smallest absolute Gasteiger partial charge is 0.295 e. The second-order valence-electron chi connectivity index (χ2n) is 8.59. The van der Waals surface area contributed by atoms with Gasteiger partial charge in [-0.15, -0.1) is 0 Å². The molecule has 0 unspecified atom stereocenters. The van der Waals surface area contributed by atoms with Crippen LogP contribution in [-0.2, 0) is 9.59 Å². The third-order valence-corrected chi connectivity index (χ3v) is 6.00. The summed E-state index contributed by atoms with van der Waals surface area (Å²) in [6, 6.07) is 14.2. The number of likely N-dealkylation sites (tertiary alicyclic amines) is 1. The van der Waals surface area contributed by atoms with Gasteiger partial charge in [0.05, 0.1) is 34.8 Å². The second-order valence-corrected chi connectivity index (χ2v) is 8.59. The molecule has 0 saturated carbocycles. The molecule has 0 spiro atoms. The average Bonchev–Trinajstić information content (AvgIpc) is 3.32. The first-order valence-corrected chi connectivity index (χ1v) is 11.1. The summed E-state index contributed by atoms with van der Waals surface area (Å²) in [6.45, 7) is 2.83. The first-order valence-electron chi connectivity index (χ1n) is 11.1. The Labute approximate surface area is 197 Å². The molecule has 1 fully saturated rings. The Kier molecular flexibility index (Phi) is 6.61. The highest BCUT2D eigenvalue weighted by Gasteiger charge is 2.46. The predicted octanol–water partition coefficient (Wildman–Crippen LogP) is 3.69. The molecule has 1 amide bonds. The van der Waals surface area contributed by atoms with Crippen LogP contribution in [0.15, 0.2) is 66.4 Å². The standard InChI is InChI=1S/C26H27FN4O3/c1-17-21(16-28-31(17)20-8-5-4-6-9-20)24(32)22-23(18-10-12-19(27)13-11-18)30(26(34)25(22)33)15-7-14-29(2)3/h4-6,8-13,16,23,32H,7,14-15H2,1-3H3/b24-22+/t23-/m0/s1. The number of carbonyl (C=O) groups is 2. The molecule has 1 aliphatic rings. The van der Waals surface area contributed by atoms with E-state index in [2.05, 4.69) is 5.10 Å². The fourth-order valence-corrected chi connectivity index (χ4v) is 4.28. The van der Waals surface area contributed by atoms with Gasteiger partial charge in [0.15, 0.2) is 0 Å². The highest BCUT2D eigenvalue weighted by molar-refractivity contribution is 6.46. The number of nitrogens with zero attached hydrogens (tertiary/aromatic N) is 4. The first-order chi connectivity index (χ1) is 16.3. The molecule has 176 valence electrons. The van der Waals surface area contributed by atoms with Gasteiger partial charge in [0.1, 0.15) is 11.6 Å². The molecule has 4 rings (SSSR count). The van der Waals surface area contributed by atoms with Crippen molar-refractivity contribution < 1.29 is 19.1 Å². The van der Waals surface area contributed by atoms with Crippen LogP contribution >= 0.6 is 0 Å². The van der Waals surface area contributed by atoms with Crippen LogP contribution in [0, 0.1) is 12.7 Å². The number of para-hydroxylation sites is 1. The van der Waals surface area contributed by atoms with E-state index in [1.807, 2.05) is 49.3 Å². The van der Waals surface area contributed by atoms with Gasteiger partial charge in [-0.05, 0) is 63.8 Å². The van der Waals surface area contributed by atoms with E-state index in [4.69, 9.17) is 0 Å². The Morgan fingerprint density at radius 3 is 2.41 bits per heavy atom. The normalized spacial score (nSPS) is 17.7. The number of halogens is 1. The number of aromatic nitrogens is 2. The quantitative estimate of drug-likeness (QED) is 0.329. The molecular formula is C26H27FN4O3. The van der Waals surface area contributed by atoms with Gasteiger partial charge >= 0.3 is 0 Å². The van der Waals surface area contributed by atoms with Crippen LogP contribution < -0.4 is 0 Å². The number of ketones is 1. The summed E-state index contributed by atoms with van der Waals surface area (Å²) in [5, 5.41) is 15.7. The van der Waals surface area contributed by atoms with Crippen LogP contribution in [-0.4, -0.2) is 63.6 Å². The van der Waals surface area contributed by atoms with Crippen molar-refractivity contribution in [1.82, 2.24) is 19.6 Å². The lowest BCUT2D eigenvalue weighted by Gasteiger charge is -2.26. The van der Waals surface area contributed by atoms with Gasteiger partial charge in [0, 0.05) is 6.54 Å². The number of hydrogen-bond donors (Lipinski definition) is 1. The number of carbonyl (C=O) groups excluding carboxylic acids is 2. The van der Waals surface area contributed by atoms with Crippen molar-refractivity contribution in [3.05, 3.63) is 89.0 Å². The van der Waals surface area contributed by atoms with Crippen LogP contribution in [0.3, 0.4) is 0 Å². The average molecular weight is 463 g/mol. The van der Waals surface area contributed by atoms with Gasteiger partial charge in [-0.3, -0.25) is 9.59 Å². The van der Waals surface area contributed by atoms with Crippen molar-refractivity contribution >= 4 is 17.4 Å². The highest BCUT2D eigenvalue weighted by Crippen LogP contribution is 2.40. The molecule has 1 aliphatic heterocycles. The minimum absolute atomic E-state index is 0.0165. The van der Waals surface area contributed by atoms with Gasteiger partial charge in [-0.2, -0.15) is 5.10 Å². The van der Waals surface area contributed by atoms with Crippen molar-refractivity contribution in [1.29, 1.82) is 0 Å². The lowest BCUT2D eigenvalue weighted by atomic mass is 9.95. The molecule has 7 nitrogen and oxygen atoms in total. The summed E-state index contributed by atoms with van der Waals surface area (Å²) in [5.41, 5.74) is 2.33. The fourth-order valence-electron chi connectivity index (χ4n) is 4.28. The van der Waals surface area contributed by atoms with Crippen molar-refractivity contribution in [3.63, 3.8) is 0 Å². The third-order valence-electron chi connectivity index (χ3n) is 6.00. The van der Waals surface area contributed by atoms with E-state index in [0.29, 0.717) is 29.8 Å². The van der Waals surface area contributed by atoms with Crippen LogP contribution in [0.25, 0.3) is 11.4 Å². The maximum Gasteiger partial charge on any atom is 0.295 e. The summed E-state index contributed by atoms with van der Waals surface area (Å²) < 4.78 is 15.3. The summed E-state index contributed by atoms with van der Waals surface area (Å²) in [6.07, 6.45) is 2.13. The fraction of sp³-hybridized carbons (Fsp3) is 0.269. The Bertz CT molecular complexity index is 1230. The maximum atomic E-state index is 13.6. The number of Topliss-reactive ketones (excluding diaryl/α,β-unsaturated/α-hetero) is 1. The lowest BCUT2D eigenvalue weighted by molar-refractivity contribution is -0.139. The van der Waals surface area contributed by atoms with E-state index in [0.717, 1.165) is 12.2 Å². The van der Waals surface area contributed by atoms with Gasteiger partial charge in [0.2, 0.25) is 0 Å². The zero-order valence-corrected chi connectivity index (χ0v) is 19.4. The molecule has 0 aliphatic carbocycles. The second kappa shape index (κ2) is 9.61. The third kappa shape index (κ3) is 4.36. The Morgan fingerprint density at radius 2 is 1.76 bits per heavy atom. The summed E-state index contributed by atoms with van der Waals surface area (Å²) >= 11 is 0. The van der Waals surface area contributed by atoms with Gasteiger partial charge < -0.3 is 14.9 Å². The van der Waals surface area contributed by atoms with E-state index < -0.39 is 23.5 Å². The Hall–Kier alpha value is -3.78. The largest absolute Gasteiger partial charge is 0.507 e. The Morgan fingerprint density at radius 1 is 1.09 bits per heavy atom. The number of aliphatic hydroxyl groups is 1. The number of amides is 1. The van der Waals surface area contributed by atoms with Crippen molar-refractivity contribution in [3.8, 4) is 5.69 Å². The zero-order valence-electron chi connectivity index (χ0n) is 19.4. The number of aliphatic hydroxyl groups excluding tert-OH is 1. The SMILES string of the molecule is Cc1c(/C(O)=C2\C(=O)C(=O)N(CCCN(C)C)[C@H]2c2ccc(F)cc2)cnn1-c1ccccc1. The van der Waals surface area contributed by atoms with E-state index in [1.54, 1.807) is 23.7 Å². The zero-order chi connectivity index (χ0) is 24.4. The van der Waals surface area contributed by atoms with Crippen LogP contribution in [0.5, 0.6) is 0 Å². The highest BCUT2D eigenvalue weighted by atomic mass is 19.1. The maximum absolute atomic E-state index is 13.6. The van der Waals surface area contributed by atoms with Crippen molar-refractivity contribution in [2.75, 3.05) is 27.2 Å². The molecular weight excluding hydrogens is 435 g/mol. The molecule has 1 atom stereocenters. The minimum Gasteiger partial charge on any atom is -0.507 e. The van der Waals surface area contributed by atoms with E-state index >= 15 is 0 Å². The van der Waals surface area contributed by atoms with E-state index in [9.17, 15) is 19.1 Å². The van der Waals surface area contributed by atoms with Crippen LogP contribution in [0.2, 0.25) is 0 Å². The molecule has 2 heterocycles. The summed E-state index contributed by atoms with van der Waals surface area (Å²) in [4.78, 5) is 29.6. The molecule has 1 N–H and O–H groups in total. The van der Waals surface area contributed by atoms with Gasteiger partial charge in [-0.25, -0.2) is 9.07 Å². The predicted molar refractivity (Wildman–Crippen MR) is 127 cm³/mol. The lowest BCUT2D eigenvalue weighted by Crippen LogP contribution is -2.32. The first kappa shape index (κ1) is 23.4. The Balaban J connectivity index is 1.80. The molecule has 0 radical (unpaired) electrons. The van der Waals surface area contributed by atoms with Crippen molar-refractivity contribution in [2.24, 2.45) is 0 Å². The monoisotopic (exact) mass is 462 g/mol.